The van der Waals surface area contributed by atoms with Crippen molar-refractivity contribution in [1.82, 2.24) is 14.6 Å². The van der Waals surface area contributed by atoms with E-state index >= 15 is 0 Å². The molecule has 0 bridgehead atoms. The monoisotopic (exact) mass is 331 g/mol. The van der Waals surface area contributed by atoms with Gasteiger partial charge in [-0.05, 0) is 31.0 Å². The predicted molar refractivity (Wildman–Crippen MR) is 87.2 cm³/mol. The van der Waals surface area contributed by atoms with Gasteiger partial charge in [0.2, 0.25) is 4.96 Å². The molecule has 0 atom stereocenters. The van der Waals surface area contributed by atoms with Gasteiger partial charge in [0.25, 0.3) is 0 Å². The van der Waals surface area contributed by atoms with E-state index in [-0.39, 0.29) is 6.42 Å². The molecule has 0 aliphatic carbocycles. The number of hydrogen-bond donors (Lipinski definition) is 1. The number of hydrogen-bond acceptors (Lipinski definition) is 5. The lowest BCUT2D eigenvalue weighted by molar-refractivity contribution is -0.136. The van der Waals surface area contributed by atoms with Crippen molar-refractivity contribution in [2.45, 2.75) is 26.2 Å². The van der Waals surface area contributed by atoms with Crippen LogP contribution in [0.5, 0.6) is 5.75 Å². The van der Waals surface area contributed by atoms with Gasteiger partial charge in [-0.15, -0.1) is 0 Å². The maximum absolute atomic E-state index is 10.7. The molecule has 0 spiro atoms. The van der Waals surface area contributed by atoms with Crippen LogP contribution in [0.4, 0.5) is 0 Å². The maximum atomic E-state index is 10.7. The predicted octanol–water partition coefficient (Wildman–Crippen LogP) is 2.74. The Kier molecular flexibility index (Phi) is 4.57. The molecule has 0 aliphatic heterocycles. The van der Waals surface area contributed by atoms with Crippen LogP contribution in [0.2, 0.25) is 0 Å². The van der Waals surface area contributed by atoms with Crippen LogP contribution in [0.15, 0.2) is 30.5 Å². The molecule has 120 valence electrons. The van der Waals surface area contributed by atoms with Crippen molar-refractivity contribution < 1.29 is 14.6 Å². The minimum absolute atomic E-state index is 0.0737. The topological polar surface area (TPSA) is 76.7 Å². The molecule has 3 rings (SSSR count). The second kappa shape index (κ2) is 6.78. The van der Waals surface area contributed by atoms with Gasteiger partial charge in [0.05, 0.1) is 24.9 Å². The number of rotatable bonds is 7. The van der Waals surface area contributed by atoms with Crippen LogP contribution in [0.1, 0.15) is 22.7 Å². The number of ether oxygens (including phenoxy) is 1. The number of benzene rings is 1. The lowest BCUT2D eigenvalue weighted by atomic mass is 10.2. The number of fused-ring (bicyclic) bond motifs is 1. The Hall–Kier alpha value is -2.41. The Morgan fingerprint density at radius 3 is 3.04 bits per heavy atom. The highest BCUT2D eigenvalue weighted by molar-refractivity contribution is 7.16. The average molecular weight is 331 g/mol. The fraction of sp³-hybridized carbons (Fsp3) is 0.312. The van der Waals surface area contributed by atoms with Gasteiger partial charge < -0.3 is 9.84 Å². The molecule has 0 aliphatic rings. The minimum atomic E-state index is -0.885. The highest BCUT2D eigenvalue weighted by Crippen LogP contribution is 2.17. The van der Waals surface area contributed by atoms with Crippen LogP contribution in [0.25, 0.3) is 4.96 Å². The number of imidazole rings is 1. The van der Waals surface area contributed by atoms with Gasteiger partial charge in [-0.2, -0.15) is 5.10 Å². The SMILES string of the molecule is Cc1cccc(OCCCc2nn3cc(CC(=O)O)nc3s2)c1. The molecule has 0 amide bonds. The normalized spacial score (nSPS) is 11.0. The summed E-state index contributed by atoms with van der Waals surface area (Å²) >= 11 is 1.49. The van der Waals surface area contributed by atoms with Crippen LogP contribution >= 0.6 is 11.3 Å². The Morgan fingerprint density at radius 2 is 2.30 bits per heavy atom. The molecule has 2 heterocycles. The van der Waals surface area contributed by atoms with Crippen molar-refractivity contribution in [2.75, 3.05) is 6.61 Å². The third-order valence-corrected chi connectivity index (χ3v) is 4.24. The van der Waals surface area contributed by atoms with E-state index in [1.54, 1.807) is 10.7 Å². The first-order chi connectivity index (χ1) is 11.1. The lowest BCUT2D eigenvalue weighted by Gasteiger charge is -2.05. The molecule has 7 heteroatoms. The van der Waals surface area contributed by atoms with Gasteiger partial charge >= 0.3 is 5.97 Å². The summed E-state index contributed by atoms with van der Waals surface area (Å²) in [5.41, 5.74) is 1.71. The highest BCUT2D eigenvalue weighted by atomic mass is 32.1. The molecule has 1 N–H and O–H groups in total. The molecule has 2 aromatic heterocycles. The van der Waals surface area contributed by atoms with Crippen molar-refractivity contribution in [3.63, 3.8) is 0 Å². The van der Waals surface area contributed by atoms with Gasteiger partial charge in [0, 0.05) is 6.42 Å². The smallest absolute Gasteiger partial charge is 0.309 e. The first-order valence-electron chi connectivity index (χ1n) is 7.35. The van der Waals surface area contributed by atoms with E-state index < -0.39 is 5.97 Å². The average Bonchev–Trinajstić information content (AvgIpc) is 3.00. The molecular formula is C16H17N3O3S. The van der Waals surface area contributed by atoms with E-state index in [2.05, 4.69) is 10.1 Å². The van der Waals surface area contributed by atoms with Crippen LogP contribution in [-0.2, 0) is 17.6 Å². The van der Waals surface area contributed by atoms with Crippen LogP contribution in [0, 0.1) is 6.92 Å². The molecule has 0 saturated heterocycles. The van der Waals surface area contributed by atoms with E-state index in [9.17, 15) is 4.79 Å². The molecular weight excluding hydrogens is 314 g/mol. The highest BCUT2D eigenvalue weighted by Gasteiger charge is 2.10. The zero-order chi connectivity index (χ0) is 16.2. The summed E-state index contributed by atoms with van der Waals surface area (Å²) in [7, 11) is 0. The molecule has 1 aromatic carbocycles. The second-order valence-corrected chi connectivity index (χ2v) is 6.33. The fourth-order valence-corrected chi connectivity index (χ4v) is 3.18. The summed E-state index contributed by atoms with van der Waals surface area (Å²) in [6.07, 6.45) is 3.28. The Morgan fingerprint density at radius 1 is 1.43 bits per heavy atom. The Bertz CT molecular complexity index is 793. The number of nitrogens with zero attached hydrogens (tertiary/aromatic N) is 3. The van der Waals surface area contributed by atoms with E-state index in [4.69, 9.17) is 9.84 Å². The number of aliphatic carboxylic acids is 1. The van der Waals surface area contributed by atoms with Crippen molar-refractivity contribution in [3.8, 4) is 5.75 Å². The van der Waals surface area contributed by atoms with Crippen molar-refractivity contribution in [3.05, 3.63) is 46.7 Å². The summed E-state index contributed by atoms with van der Waals surface area (Å²) in [6, 6.07) is 7.99. The quantitative estimate of drug-likeness (QED) is 0.674. The van der Waals surface area contributed by atoms with E-state index in [0.29, 0.717) is 12.3 Å². The zero-order valence-electron chi connectivity index (χ0n) is 12.7. The third kappa shape index (κ3) is 4.07. The third-order valence-electron chi connectivity index (χ3n) is 3.26. The molecule has 3 aromatic rings. The first-order valence-corrected chi connectivity index (χ1v) is 8.17. The Balaban J connectivity index is 1.51. The van der Waals surface area contributed by atoms with E-state index in [0.717, 1.165) is 28.6 Å². The van der Waals surface area contributed by atoms with Crippen LogP contribution in [-0.4, -0.2) is 32.3 Å². The van der Waals surface area contributed by atoms with Crippen LogP contribution in [0.3, 0.4) is 0 Å². The number of aryl methyl sites for hydroxylation is 2. The molecule has 0 unspecified atom stereocenters. The zero-order valence-corrected chi connectivity index (χ0v) is 13.5. The summed E-state index contributed by atoms with van der Waals surface area (Å²) in [6.45, 7) is 2.67. The summed E-state index contributed by atoms with van der Waals surface area (Å²) in [4.78, 5) is 15.7. The summed E-state index contributed by atoms with van der Waals surface area (Å²) in [5, 5.41) is 14.2. The van der Waals surface area contributed by atoms with E-state index in [1.807, 2.05) is 31.2 Å². The Labute approximate surface area is 137 Å². The lowest BCUT2D eigenvalue weighted by Crippen LogP contribution is -2.00. The van der Waals surface area contributed by atoms with Crippen molar-refractivity contribution >= 4 is 22.3 Å². The number of aromatic nitrogens is 3. The number of carboxylic acid groups (broad SMARTS) is 1. The molecule has 0 fully saturated rings. The number of carbonyl (C=O) groups is 1. The molecule has 0 radical (unpaired) electrons. The van der Waals surface area contributed by atoms with Gasteiger partial charge in [0.15, 0.2) is 0 Å². The second-order valence-electron chi connectivity index (χ2n) is 5.29. The molecule has 6 nitrogen and oxygen atoms in total. The minimum Gasteiger partial charge on any atom is -0.494 e. The van der Waals surface area contributed by atoms with Gasteiger partial charge in [-0.1, -0.05) is 23.5 Å². The maximum Gasteiger partial charge on any atom is 0.309 e. The van der Waals surface area contributed by atoms with Crippen LogP contribution < -0.4 is 4.74 Å². The molecule has 23 heavy (non-hydrogen) atoms. The fourth-order valence-electron chi connectivity index (χ4n) is 2.25. The van der Waals surface area contributed by atoms with Gasteiger partial charge in [0.1, 0.15) is 10.8 Å². The number of carboxylic acids is 1. The van der Waals surface area contributed by atoms with Crippen molar-refractivity contribution in [2.24, 2.45) is 0 Å². The van der Waals surface area contributed by atoms with Gasteiger partial charge in [-0.25, -0.2) is 9.50 Å². The standard InChI is InChI=1S/C16H17N3O3S/c1-11-4-2-5-13(8-11)22-7-3-6-14-18-19-10-12(9-15(20)21)17-16(19)23-14/h2,4-5,8,10H,3,6-7,9H2,1H3,(H,20,21). The summed E-state index contributed by atoms with van der Waals surface area (Å²) < 4.78 is 7.37. The van der Waals surface area contributed by atoms with Gasteiger partial charge in [-0.3, -0.25) is 4.79 Å². The van der Waals surface area contributed by atoms with E-state index in [1.165, 1.54) is 16.9 Å². The first kappa shape index (κ1) is 15.5. The van der Waals surface area contributed by atoms with Crippen molar-refractivity contribution in [1.29, 1.82) is 0 Å². The summed E-state index contributed by atoms with van der Waals surface area (Å²) in [5.74, 6) is 0.00141. The molecule has 0 saturated carbocycles. The largest absolute Gasteiger partial charge is 0.494 e.